The highest BCUT2D eigenvalue weighted by atomic mass is 35.5. The summed E-state index contributed by atoms with van der Waals surface area (Å²) in [7, 11) is 0. The molecule has 4 rings (SSSR count). The van der Waals surface area contributed by atoms with Gasteiger partial charge in [0.15, 0.2) is 4.96 Å². The van der Waals surface area contributed by atoms with Gasteiger partial charge in [0.05, 0.1) is 15.9 Å². The minimum Gasteiger partial charge on any atom is -0.480 e. The normalized spacial score (nSPS) is 10.1. The molecule has 0 aliphatic heterocycles. The predicted molar refractivity (Wildman–Crippen MR) is 109 cm³/mol. The summed E-state index contributed by atoms with van der Waals surface area (Å²) in [6.45, 7) is 0.616. The summed E-state index contributed by atoms with van der Waals surface area (Å²) in [6.07, 6.45) is 2.01. The summed E-state index contributed by atoms with van der Waals surface area (Å²) in [6, 6.07) is 15.6. The Bertz CT molecular complexity index is 1120. The van der Waals surface area contributed by atoms with E-state index < -0.39 is 12.6 Å². The number of carboxylic acid groups (broad SMARTS) is 1. The summed E-state index contributed by atoms with van der Waals surface area (Å²) >= 11 is 1.66. The molecule has 2 aromatic carbocycles. The van der Waals surface area contributed by atoms with Crippen LogP contribution in [0.1, 0.15) is 6.92 Å². The standard InChI is InChI=1S/C17H12N2O2S.C2H4O3.ClH/c1-11(20)21-13-6-4-5-12(9-13)14-10-19-15-7-2-3-8-16(15)22-17(19)18-14;3-1-2(4)5;/h2-10H,1H3;3H,1H2,(H,4,5);1H. The lowest BCUT2D eigenvalue weighted by Gasteiger charge is -2.02. The number of hydrogen-bond acceptors (Lipinski definition) is 6. The van der Waals surface area contributed by atoms with Gasteiger partial charge in [-0.05, 0) is 24.3 Å². The molecule has 2 aromatic heterocycles. The molecule has 0 saturated heterocycles. The Morgan fingerprint density at radius 2 is 1.89 bits per heavy atom. The minimum atomic E-state index is -1.19. The van der Waals surface area contributed by atoms with Crippen molar-refractivity contribution in [2.75, 3.05) is 6.61 Å². The Morgan fingerprint density at radius 3 is 2.57 bits per heavy atom. The molecule has 0 aliphatic rings. The maximum Gasteiger partial charge on any atom is 0.329 e. The molecule has 2 N–H and O–H groups in total. The molecule has 0 saturated carbocycles. The quantitative estimate of drug-likeness (QED) is 0.387. The number of carboxylic acids is 1. The van der Waals surface area contributed by atoms with E-state index in [1.165, 1.54) is 11.6 Å². The minimum absolute atomic E-state index is 0. The predicted octanol–water partition coefficient (Wildman–Crippen LogP) is 3.63. The highest BCUT2D eigenvalue weighted by Crippen LogP contribution is 2.30. The van der Waals surface area contributed by atoms with Crippen LogP contribution in [0.5, 0.6) is 5.75 Å². The number of carbonyl (C=O) groups excluding carboxylic acids is 1. The van der Waals surface area contributed by atoms with Gasteiger partial charge in [-0.15, -0.1) is 12.4 Å². The molecule has 0 fully saturated rings. The van der Waals surface area contributed by atoms with Crippen molar-refractivity contribution >= 4 is 50.9 Å². The maximum absolute atomic E-state index is 11.1. The van der Waals surface area contributed by atoms with Gasteiger partial charge in [-0.3, -0.25) is 9.20 Å². The summed E-state index contributed by atoms with van der Waals surface area (Å²) < 4.78 is 8.44. The topological polar surface area (TPSA) is 101 Å². The lowest BCUT2D eigenvalue weighted by molar-refractivity contribution is -0.140. The smallest absolute Gasteiger partial charge is 0.329 e. The third-order valence-electron chi connectivity index (χ3n) is 3.53. The third kappa shape index (κ3) is 4.86. The Morgan fingerprint density at radius 1 is 1.18 bits per heavy atom. The van der Waals surface area contributed by atoms with Crippen LogP contribution in [0.25, 0.3) is 26.4 Å². The molecule has 0 atom stereocenters. The molecule has 0 spiro atoms. The lowest BCUT2D eigenvalue weighted by Crippen LogP contribution is -2.01. The summed E-state index contributed by atoms with van der Waals surface area (Å²) in [5.41, 5.74) is 2.95. The summed E-state index contributed by atoms with van der Waals surface area (Å²) in [5, 5.41) is 15.0. The van der Waals surface area contributed by atoms with E-state index in [2.05, 4.69) is 21.5 Å². The SMILES string of the molecule is CC(=O)Oc1cccc(-c2cn3c(n2)sc2ccccc23)c1.Cl.O=C(O)CO. The fourth-order valence-electron chi connectivity index (χ4n) is 2.47. The molecule has 7 nitrogen and oxygen atoms in total. The number of aliphatic hydroxyl groups excluding tert-OH is 1. The van der Waals surface area contributed by atoms with E-state index in [4.69, 9.17) is 19.7 Å². The molecule has 0 bridgehead atoms. The Kier molecular flexibility index (Phi) is 7.11. The fraction of sp³-hybridized carbons (Fsp3) is 0.105. The Balaban J connectivity index is 0.000000420. The number of nitrogens with zero attached hydrogens (tertiary/aromatic N) is 2. The number of imidazole rings is 1. The van der Waals surface area contributed by atoms with Crippen LogP contribution in [0.4, 0.5) is 0 Å². The molecular formula is C19H17ClN2O5S. The van der Waals surface area contributed by atoms with Crippen LogP contribution in [-0.2, 0) is 9.59 Å². The van der Waals surface area contributed by atoms with Gasteiger partial charge in [0, 0.05) is 18.7 Å². The first kappa shape index (κ1) is 21.4. The van der Waals surface area contributed by atoms with Gasteiger partial charge >= 0.3 is 11.9 Å². The number of benzene rings is 2. The van der Waals surface area contributed by atoms with E-state index in [9.17, 15) is 4.79 Å². The average Bonchev–Trinajstić information content (AvgIpc) is 3.20. The van der Waals surface area contributed by atoms with Crippen LogP contribution in [0.15, 0.2) is 54.7 Å². The van der Waals surface area contributed by atoms with Crippen LogP contribution in [0.3, 0.4) is 0 Å². The molecule has 0 aliphatic carbocycles. The van der Waals surface area contributed by atoms with Crippen molar-refractivity contribution < 1.29 is 24.5 Å². The number of aliphatic carboxylic acids is 1. The second kappa shape index (κ2) is 9.32. The van der Waals surface area contributed by atoms with Crippen LogP contribution in [-0.4, -0.2) is 38.1 Å². The first-order chi connectivity index (χ1) is 13.0. The summed E-state index contributed by atoms with van der Waals surface area (Å²) in [5.74, 6) is -0.981. The van der Waals surface area contributed by atoms with Crippen molar-refractivity contribution in [3.63, 3.8) is 0 Å². The van der Waals surface area contributed by atoms with E-state index in [1.54, 1.807) is 17.4 Å². The van der Waals surface area contributed by atoms with Crippen molar-refractivity contribution in [2.24, 2.45) is 0 Å². The first-order valence-corrected chi connectivity index (χ1v) is 8.77. The zero-order chi connectivity index (χ0) is 19.4. The van der Waals surface area contributed by atoms with Gasteiger partial charge in [0.25, 0.3) is 0 Å². The number of fused-ring (bicyclic) bond motifs is 3. The van der Waals surface area contributed by atoms with Gasteiger partial charge in [0.2, 0.25) is 0 Å². The second-order valence-corrected chi connectivity index (χ2v) is 6.53. The molecule has 9 heteroatoms. The number of thiazole rings is 1. The van der Waals surface area contributed by atoms with Gasteiger partial charge in [-0.25, -0.2) is 9.78 Å². The molecule has 28 heavy (non-hydrogen) atoms. The Hall–Kier alpha value is -2.94. The number of carbonyl (C=O) groups is 2. The van der Waals surface area contributed by atoms with E-state index in [-0.39, 0.29) is 18.4 Å². The molecule has 2 heterocycles. The number of aliphatic hydroxyl groups is 1. The van der Waals surface area contributed by atoms with E-state index >= 15 is 0 Å². The van der Waals surface area contributed by atoms with Crippen molar-refractivity contribution in [3.05, 3.63) is 54.7 Å². The second-order valence-electron chi connectivity index (χ2n) is 5.52. The van der Waals surface area contributed by atoms with Gasteiger partial charge < -0.3 is 14.9 Å². The number of aromatic nitrogens is 2. The van der Waals surface area contributed by atoms with E-state index in [0.717, 1.165) is 21.7 Å². The average molecular weight is 421 g/mol. The molecule has 4 aromatic rings. The van der Waals surface area contributed by atoms with Gasteiger partial charge in [-0.1, -0.05) is 35.6 Å². The monoisotopic (exact) mass is 420 g/mol. The number of halogens is 1. The number of ether oxygens (including phenoxy) is 1. The van der Waals surface area contributed by atoms with Crippen LogP contribution < -0.4 is 4.74 Å². The number of rotatable bonds is 3. The molecule has 146 valence electrons. The summed E-state index contributed by atoms with van der Waals surface area (Å²) in [4.78, 5) is 25.8. The van der Waals surface area contributed by atoms with Crippen molar-refractivity contribution in [1.29, 1.82) is 0 Å². The highest BCUT2D eigenvalue weighted by molar-refractivity contribution is 7.23. The number of hydrogen-bond donors (Lipinski definition) is 2. The molecule has 0 unspecified atom stereocenters. The largest absolute Gasteiger partial charge is 0.480 e. The van der Waals surface area contributed by atoms with Crippen LogP contribution in [0.2, 0.25) is 0 Å². The molecule has 0 radical (unpaired) electrons. The van der Waals surface area contributed by atoms with Crippen molar-refractivity contribution in [3.8, 4) is 17.0 Å². The lowest BCUT2D eigenvalue weighted by atomic mass is 10.1. The number of esters is 1. The van der Waals surface area contributed by atoms with E-state index in [0.29, 0.717) is 5.75 Å². The van der Waals surface area contributed by atoms with Gasteiger partial charge in [0.1, 0.15) is 12.4 Å². The van der Waals surface area contributed by atoms with Crippen LogP contribution >= 0.6 is 23.7 Å². The number of para-hydroxylation sites is 1. The first-order valence-electron chi connectivity index (χ1n) is 7.96. The molecule has 0 amide bonds. The highest BCUT2D eigenvalue weighted by Gasteiger charge is 2.10. The zero-order valence-electron chi connectivity index (χ0n) is 14.7. The van der Waals surface area contributed by atoms with Crippen molar-refractivity contribution in [2.45, 2.75) is 6.92 Å². The molecular weight excluding hydrogens is 404 g/mol. The van der Waals surface area contributed by atoms with Gasteiger partial charge in [-0.2, -0.15) is 0 Å². The third-order valence-corrected chi connectivity index (χ3v) is 4.56. The fourth-order valence-corrected chi connectivity index (χ4v) is 3.48. The Labute approximate surface area is 170 Å². The van der Waals surface area contributed by atoms with E-state index in [1.807, 2.05) is 36.5 Å². The van der Waals surface area contributed by atoms with Crippen LogP contribution in [0, 0.1) is 0 Å². The maximum atomic E-state index is 11.1. The van der Waals surface area contributed by atoms with Crippen molar-refractivity contribution in [1.82, 2.24) is 9.38 Å². The zero-order valence-corrected chi connectivity index (χ0v) is 16.4.